The van der Waals surface area contributed by atoms with E-state index in [-0.39, 0.29) is 18.3 Å². The van der Waals surface area contributed by atoms with Gasteiger partial charge in [0.15, 0.2) is 11.5 Å². The van der Waals surface area contributed by atoms with Gasteiger partial charge in [-0.3, -0.25) is 4.79 Å². The fourth-order valence-electron chi connectivity index (χ4n) is 3.04. The molecule has 1 N–H and O–H groups in total. The normalized spacial score (nSPS) is 16.2. The predicted octanol–water partition coefficient (Wildman–Crippen LogP) is 3.20. The average Bonchev–Trinajstić information content (AvgIpc) is 3.12. The van der Waals surface area contributed by atoms with E-state index in [0.29, 0.717) is 30.4 Å². The topological polar surface area (TPSA) is 50.8 Å². The Bertz CT molecular complexity index is 565. The molecule has 1 aliphatic heterocycles. The number of halogens is 1. The highest BCUT2D eigenvalue weighted by molar-refractivity contribution is 7.98. The first kappa shape index (κ1) is 21.9. The molecule has 1 saturated heterocycles. The SMILES string of the molecule is COc1cc(CN(C)C(=O)CCC2CCNC2)c(SC)cc1OC.Cl. The van der Waals surface area contributed by atoms with Crippen molar-refractivity contribution in [3.05, 3.63) is 17.7 Å². The van der Waals surface area contributed by atoms with Gasteiger partial charge < -0.3 is 19.7 Å². The number of thioether (sulfide) groups is 1. The Morgan fingerprint density at radius 2 is 2.00 bits per heavy atom. The Balaban J connectivity index is 0.00000312. The Labute approximate surface area is 161 Å². The number of ether oxygens (including phenoxy) is 2. The Morgan fingerprint density at radius 3 is 2.56 bits per heavy atom. The molecule has 0 radical (unpaired) electrons. The molecule has 0 aliphatic carbocycles. The summed E-state index contributed by atoms with van der Waals surface area (Å²) in [6, 6.07) is 3.94. The number of methoxy groups -OCH3 is 2. The Kier molecular flexibility index (Phi) is 9.46. The summed E-state index contributed by atoms with van der Waals surface area (Å²) in [6.45, 7) is 2.71. The van der Waals surface area contributed by atoms with Gasteiger partial charge in [-0.1, -0.05) is 0 Å². The summed E-state index contributed by atoms with van der Waals surface area (Å²) in [7, 11) is 5.14. The molecule has 0 spiro atoms. The number of carbonyl (C=O) groups is 1. The van der Waals surface area contributed by atoms with E-state index in [1.807, 2.05) is 30.3 Å². The van der Waals surface area contributed by atoms with Gasteiger partial charge in [0.2, 0.25) is 5.91 Å². The number of nitrogens with zero attached hydrogens (tertiary/aromatic N) is 1. The summed E-state index contributed by atoms with van der Waals surface area (Å²) in [6.07, 6.45) is 4.80. The average molecular weight is 389 g/mol. The van der Waals surface area contributed by atoms with Crippen molar-refractivity contribution < 1.29 is 14.3 Å². The van der Waals surface area contributed by atoms with Gasteiger partial charge in [-0.15, -0.1) is 24.2 Å². The van der Waals surface area contributed by atoms with Gasteiger partial charge in [-0.2, -0.15) is 0 Å². The van der Waals surface area contributed by atoms with Gasteiger partial charge in [-0.05, 0) is 55.8 Å². The molecule has 1 aromatic rings. The van der Waals surface area contributed by atoms with E-state index < -0.39 is 0 Å². The molecule has 1 heterocycles. The minimum atomic E-state index is 0. The fourth-order valence-corrected chi connectivity index (χ4v) is 3.65. The van der Waals surface area contributed by atoms with Crippen LogP contribution in [0.1, 0.15) is 24.8 Å². The van der Waals surface area contributed by atoms with E-state index in [9.17, 15) is 4.79 Å². The second-order valence-electron chi connectivity index (χ2n) is 6.17. The molecule has 25 heavy (non-hydrogen) atoms. The minimum Gasteiger partial charge on any atom is -0.493 e. The standard InChI is InChI=1S/C18H28N2O3S.ClH/c1-20(18(21)6-5-13-7-8-19-11-13)12-14-9-15(22-2)16(23-3)10-17(14)24-4;/h9-10,13,19H,5-8,11-12H2,1-4H3;1H. The highest BCUT2D eigenvalue weighted by Gasteiger charge is 2.19. The summed E-state index contributed by atoms with van der Waals surface area (Å²) >= 11 is 1.65. The lowest BCUT2D eigenvalue weighted by molar-refractivity contribution is -0.130. The molecule has 142 valence electrons. The second-order valence-corrected chi connectivity index (χ2v) is 7.01. The number of benzene rings is 1. The van der Waals surface area contributed by atoms with E-state index in [1.54, 1.807) is 26.0 Å². The maximum atomic E-state index is 12.4. The molecule has 0 saturated carbocycles. The first-order chi connectivity index (χ1) is 11.6. The molecular formula is C18H29ClN2O3S. The van der Waals surface area contributed by atoms with Crippen LogP contribution in [0.3, 0.4) is 0 Å². The van der Waals surface area contributed by atoms with Gasteiger partial charge in [0.05, 0.1) is 14.2 Å². The Morgan fingerprint density at radius 1 is 1.32 bits per heavy atom. The summed E-state index contributed by atoms with van der Waals surface area (Å²) < 4.78 is 10.7. The van der Waals surface area contributed by atoms with Crippen LogP contribution >= 0.6 is 24.2 Å². The summed E-state index contributed by atoms with van der Waals surface area (Å²) in [5, 5.41) is 3.35. The van der Waals surface area contributed by atoms with E-state index >= 15 is 0 Å². The highest BCUT2D eigenvalue weighted by Crippen LogP contribution is 2.35. The Hall–Kier alpha value is -1.11. The molecule has 1 amide bonds. The first-order valence-corrected chi connectivity index (χ1v) is 9.55. The van der Waals surface area contributed by atoms with Crippen LogP contribution in [0.2, 0.25) is 0 Å². The second kappa shape index (κ2) is 10.8. The summed E-state index contributed by atoms with van der Waals surface area (Å²) in [5.74, 6) is 2.26. The molecule has 2 rings (SSSR count). The zero-order valence-electron chi connectivity index (χ0n) is 15.5. The predicted molar refractivity (Wildman–Crippen MR) is 105 cm³/mol. The number of hydrogen-bond donors (Lipinski definition) is 1. The van der Waals surface area contributed by atoms with Crippen molar-refractivity contribution in [2.24, 2.45) is 5.92 Å². The number of amides is 1. The third-order valence-electron chi connectivity index (χ3n) is 4.55. The largest absolute Gasteiger partial charge is 0.493 e. The molecule has 0 aromatic heterocycles. The van der Waals surface area contributed by atoms with Crippen molar-refractivity contribution in [2.45, 2.75) is 30.7 Å². The molecule has 0 bridgehead atoms. The van der Waals surface area contributed by atoms with Crippen LogP contribution in [0.15, 0.2) is 17.0 Å². The van der Waals surface area contributed by atoms with Crippen molar-refractivity contribution in [3.63, 3.8) is 0 Å². The van der Waals surface area contributed by atoms with E-state index in [4.69, 9.17) is 9.47 Å². The van der Waals surface area contributed by atoms with Crippen molar-refractivity contribution in [1.82, 2.24) is 10.2 Å². The molecule has 5 nitrogen and oxygen atoms in total. The lowest BCUT2D eigenvalue weighted by atomic mass is 10.0. The van der Waals surface area contributed by atoms with Gasteiger partial charge in [0.25, 0.3) is 0 Å². The number of hydrogen-bond acceptors (Lipinski definition) is 5. The van der Waals surface area contributed by atoms with Gasteiger partial charge in [0, 0.05) is 24.9 Å². The van der Waals surface area contributed by atoms with Crippen molar-refractivity contribution in [3.8, 4) is 11.5 Å². The molecule has 1 unspecified atom stereocenters. The number of nitrogens with one attached hydrogen (secondary N) is 1. The summed E-state index contributed by atoms with van der Waals surface area (Å²) in [5.41, 5.74) is 1.08. The monoisotopic (exact) mass is 388 g/mol. The molecular weight excluding hydrogens is 360 g/mol. The van der Waals surface area contributed by atoms with Gasteiger partial charge in [-0.25, -0.2) is 0 Å². The smallest absolute Gasteiger partial charge is 0.222 e. The summed E-state index contributed by atoms with van der Waals surface area (Å²) in [4.78, 5) is 15.3. The third-order valence-corrected chi connectivity index (χ3v) is 5.37. The van der Waals surface area contributed by atoms with E-state index in [2.05, 4.69) is 5.32 Å². The first-order valence-electron chi connectivity index (χ1n) is 8.32. The van der Waals surface area contributed by atoms with Crippen molar-refractivity contribution >= 4 is 30.1 Å². The number of rotatable bonds is 8. The maximum absolute atomic E-state index is 12.4. The van der Waals surface area contributed by atoms with Crippen LogP contribution in [-0.2, 0) is 11.3 Å². The van der Waals surface area contributed by atoms with Crippen LogP contribution in [0.5, 0.6) is 11.5 Å². The van der Waals surface area contributed by atoms with E-state index in [0.717, 1.165) is 30.0 Å². The molecule has 7 heteroatoms. The van der Waals surface area contributed by atoms with Crippen LogP contribution < -0.4 is 14.8 Å². The molecule has 1 aliphatic rings. The number of carbonyl (C=O) groups excluding carboxylic acids is 1. The van der Waals surface area contributed by atoms with E-state index in [1.165, 1.54) is 6.42 Å². The molecule has 1 atom stereocenters. The molecule has 1 aromatic carbocycles. The maximum Gasteiger partial charge on any atom is 0.222 e. The van der Waals surface area contributed by atoms with Crippen LogP contribution in [-0.4, -0.2) is 51.4 Å². The minimum absolute atomic E-state index is 0. The zero-order chi connectivity index (χ0) is 17.5. The van der Waals surface area contributed by atoms with Crippen LogP contribution in [0.25, 0.3) is 0 Å². The van der Waals surface area contributed by atoms with Crippen molar-refractivity contribution in [2.75, 3.05) is 40.6 Å². The zero-order valence-corrected chi connectivity index (χ0v) is 17.1. The lowest BCUT2D eigenvalue weighted by Gasteiger charge is -2.21. The van der Waals surface area contributed by atoms with Gasteiger partial charge in [0.1, 0.15) is 0 Å². The van der Waals surface area contributed by atoms with Crippen molar-refractivity contribution in [1.29, 1.82) is 0 Å². The third kappa shape index (κ3) is 5.97. The fraction of sp³-hybridized carbons (Fsp3) is 0.611. The molecule has 1 fully saturated rings. The van der Waals surface area contributed by atoms with Crippen LogP contribution in [0.4, 0.5) is 0 Å². The van der Waals surface area contributed by atoms with Crippen LogP contribution in [0, 0.1) is 5.92 Å². The lowest BCUT2D eigenvalue weighted by Crippen LogP contribution is -2.27. The quantitative estimate of drug-likeness (QED) is 0.693. The van der Waals surface area contributed by atoms with Gasteiger partial charge >= 0.3 is 0 Å². The highest BCUT2D eigenvalue weighted by atomic mass is 35.5.